The number of ether oxygens (including phenoxy) is 4. The Morgan fingerprint density at radius 2 is 1.63 bits per heavy atom. The predicted molar refractivity (Wildman–Crippen MR) is 204 cm³/mol. The van der Waals surface area contributed by atoms with Gasteiger partial charge in [0, 0.05) is 36.4 Å². The van der Waals surface area contributed by atoms with Crippen molar-refractivity contribution in [1.82, 2.24) is 24.6 Å². The van der Waals surface area contributed by atoms with Crippen LogP contribution in [-0.2, 0) is 20.9 Å². The fourth-order valence-corrected chi connectivity index (χ4v) is 7.38. The molecule has 4 heterocycles. The first-order valence-electron chi connectivity index (χ1n) is 18.5. The van der Waals surface area contributed by atoms with Gasteiger partial charge in [-0.1, -0.05) is 66.2 Å². The molecule has 57 heavy (non-hydrogen) atoms. The summed E-state index contributed by atoms with van der Waals surface area (Å²) in [6.07, 6.45) is -5.05. The van der Waals surface area contributed by atoms with Crippen molar-refractivity contribution in [2.75, 3.05) is 31.1 Å². The number of aromatic nitrogens is 4. The van der Waals surface area contributed by atoms with E-state index < -0.39 is 35.8 Å². The molecule has 12 nitrogen and oxygen atoms in total. The van der Waals surface area contributed by atoms with Gasteiger partial charge in [-0.05, 0) is 74.4 Å². The summed E-state index contributed by atoms with van der Waals surface area (Å²) >= 11 is 6.25. The second-order valence-corrected chi connectivity index (χ2v) is 14.5. The Morgan fingerprint density at radius 3 is 2.30 bits per heavy atom. The number of para-hydroxylation sites is 1. The molecule has 2 aromatic heterocycles. The van der Waals surface area contributed by atoms with Crippen molar-refractivity contribution >= 4 is 29.6 Å². The Morgan fingerprint density at radius 1 is 0.930 bits per heavy atom. The van der Waals surface area contributed by atoms with Crippen LogP contribution < -0.4 is 14.4 Å². The molecule has 3 aromatic carbocycles. The van der Waals surface area contributed by atoms with Crippen LogP contribution in [0.4, 0.5) is 23.9 Å². The third-order valence-electron chi connectivity index (χ3n) is 10.0. The lowest BCUT2D eigenvalue weighted by molar-refractivity contribution is -0.198. The van der Waals surface area contributed by atoms with E-state index in [-0.39, 0.29) is 53.7 Å². The monoisotopic (exact) mass is 804 g/mol. The first-order valence-corrected chi connectivity index (χ1v) is 18.8. The van der Waals surface area contributed by atoms with Crippen molar-refractivity contribution in [3.05, 3.63) is 119 Å². The van der Waals surface area contributed by atoms with Crippen LogP contribution in [0.25, 0.3) is 5.69 Å². The van der Waals surface area contributed by atoms with E-state index in [1.165, 1.54) is 33.8 Å². The minimum Gasteiger partial charge on any atom is -0.464 e. The molecule has 7 rings (SSSR count). The van der Waals surface area contributed by atoms with Crippen LogP contribution in [0, 0.1) is 12.3 Å². The largest absolute Gasteiger partial charge is 0.464 e. The lowest BCUT2D eigenvalue weighted by Gasteiger charge is -2.39. The predicted octanol–water partition coefficient (Wildman–Crippen LogP) is 8.66. The first-order chi connectivity index (χ1) is 27.4. The number of hydrogen-bond acceptors (Lipinski definition) is 10. The lowest BCUT2D eigenvalue weighted by atomic mass is 9.76. The molecule has 2 unspecified atom stereocenters. The molecule has 1 spiro atoms. The van der Waals surface area contributed by atoms with Crippen LogP contribution in [0.3, 0.4) is 0 Å². The molecule has 2 aliphatic rings. The number of alkyl halides is 3. The Balaban J connectivity index is 1.15. The molecule has 0 bridgehead atoms. The second kappa shape index (κ2) is 16.7. The van der Waals surface area contributed by atoms with Crippen molar-refractivity contribution in [2.24, 2.45) is 5.41 Å². The van der Waals surface area contributed by atoms with Crippen molar-refractivity contribution in [2.45, 2.75) is 58.0 Å². The number of hydrogen-bond donors (Lipinski definition) is 0. The van der Waals surface area contributed by atoms with Gasteiger partial charge in [0.1, 0.15) is 18.4 Å². The van der Waals surface area contributed by atoms with Gasteiger partial charge in [0.2, 0.25) is 23.8 Å². The molecular weight excluding hydrogens is 765 g/mol. The van der Waals surface area contributed by atoms with Gasteiger partial charge in [-0.3, -0.25) is 4.90 Å². The average Bonchev–Trinajstić information content (AvgIpc) is 3.80. The Labute approximate surface area is 332 Å². The topological polar surface area (TPSA) is 121 Å². The highest BCUT2D eigenvalue weighted by Crippen LogP contribution is 2.45. The number of anilines is 1. The molecule has 1 amide bonds. The Kier molecular flexibility index (Phi) is 11.6. The summed E-state index contributed by atoms with van der Waals surface area (Å²) in [7, 11) is 0. The lowest BCUT2D eigenvalue weighted by Crippen LogP contribution is -2.43. The van der Waals surface area contributed by atoms with E-state index in [2.05, 4.69) is 15.1 Å². The molecule has 2 saturated heterocycles. The molecule has 0 aliphatic carbocycles. The standard InChI is InChI=1S/C41H40ClF3N6O6/c1-3-54-37(52)33-24-40(26-50(33)39(53)55-25-28-10-6-4-7-11-28)17-20-49(21-18-40)38-46-34(56-30-12-8-5-9-13-30)23-35(47-38)57-36(41(43,44)45)31-15-14-29(42)22-32(31)51-19-16-27(2)48-51/h4-16,19,22-23,33,36H,3,17-18,20-21,24-26H2,1-2H3. The van der Waals surface area contributed by atoms with Gasteiger partial charge in [-0.2, -0.15) is 28.2 Å². The first kappa shape index (κ1) is 39.4. The summed E-state index contributed by atoms with van der Waals surface area (Å²) in [5.74, 6) is -0.414. The molecular formula is C41H40ClF3N6O6. The number of halogens is 4. The number of carbonyl (C=O) groups excluding carboxylic acids is 2. The van der Waals surface area contributed by atoms with Crippen LogP contribution in [0.2, 0.25) is 5.02 Å². The van der Waals surface area contributed by atoms with E-state index >= 15 is 0 Å². The zero-order chi connectivity index (χ0) is 40.2. The third kappa shape index (κ3) is 9.25. The van der Waals surface area contributed by atoms with E-state index in [4.69, 9.17) is 30.5 Å². The molecule has 298 valence electrons. The van der Waals surface area contributed by atoms with Gasteiger partial charge in [-0.25, -0.2) is 14.3 Å². The van der Waals surface area contributed by atoms with Gasteiger partial charge < -0.3 is 23.8 Å². The van der Waals surface area contributed by atoms with Crippen LogP contribution in [0.15, 0.2) is 97.2 Å². The summed E-state index contributed by atoms with van der Waals surface area (Å²) in [4.78, 5) is 38.9. The summed E-state index contributed by atoms with van der Waals surface area (Å²) in [6, 6.07) is 24.0. The highest BCUT2D eigenvalue weighted by atomic mass is 35.5. The quantitative estimate of drug-likeness (QED) is 0.120. The number of nitrogens with zero attached hydrogens (tertiary/aromatic N) is 6. The fourth-order valence-electron chi connectivity index (χ4n) is 7.21. The normalized spacial score (nSPS) is 17.0. The zero-order valence-corrected chi connectivity index (χ0v) is 31.9. The summed E-state index contributed by atoms with van der Waals surface area (Å²) in [6.45, 7) is 4.62. The van der Waals surface area contributed by atoms with Gasteiger partial charge in [0.05, 0.1) is 24.1 Å². The van der Waals surface area contributed by atoms with E-state index in [0.29, 0.717) is 43.8 Å². The van der Waals surface area contributed by atoms with Gasteiger partial charge in [-0.15, -0.1) is 0 Å². The van der Waals surface area contributed by atoms with Crippen LogP contribution >= 0.6 is 11.6 Å². The molecule has 2 fully saturated rings. The summed E-state index contributed by atoms with van der Waals surface area (Å²) in [5, 5.41) is 4.53. The molecule has 0 radical (unpaired) electrons. The smallest absolute Gasteiger partial charge is 0.429 e. The van der Waals surface area contributed by atoms with Crippen molar-refractivity contribution in [1.29, 1.82) is 0 Å². The van der Waals surface area contributed by atoms with Gasteiger partial charge >= 0.3 is 18.2 Å². The maximum absolute atomic E-state index is 15.0. The van der Waals surface area contributed by atoms with Crippen LogP contribution in [0.5, 0.6) is 17.5 Å². The van der Waals surface area contributed by atoms with Gasteiger partial charge in [0.25, 0.3) is 0 Å². The van der Waals surface area contributed by atoms with E-state index in [0.717, 1.165) is 5.56 Å². The van der Waals surface area contributed by atoms with Crippen molar-refractivity contribution < 1.29 is 41.7 Å². The minimum absolute atomic E-state index is 0.0305. The van der Waals surface area contributed by atoms with Crippen molar-refractivity contribution in [3.63, 3.8) is 0 Å². The average molecular weight is 805 g/mol. The number of benzene rings is 3. The number of carbonyl (C=O) groups is 2. The summed E-state index contributed by atoms with van der Waals surface area (Å²) < 4.78 is 69.0. The number of esters is 1. The minimum atomic E-state index is -4.89. The molecule has 0 N–H and O–H groups in total. The van der Waals surface area contributed by atoms with Crippen LogP contribution in [0.1, 0.15) is 49.1 Å². The molecule has 5 aromatic rings. The maximum atomic E-state index is 15.0. The zero-order valence-electron chi connectivity index (χ0n) is 31.2. The van der Waals surface area contributed by atoms with Crippen LogP contribution in [-0.4, -0.2) is 75.2 Å². The molecule has 16 heteroatoms. The highest BCUT2D eigenvalue weighted by Gasteiger charge is 2.51. The fraction of sp³-hybridized carbons (Fsp3) is 0.341. The second-order valence-electron chi connectivity index (χ2n) is 14.0. The number of amides is 1. The molecule has 2 atom stereocenters. The maximum Gasteiger partial charge on any atom is 0.429 e. The Hall–Kier alpha value is -5.83. The number of piperidine rings is 1. The number of aryl methyl sites for hydroxylation is 1. The molecule has 2 aliphatic heterocycles. The Bertz CT molecular complexity index is 2180. The molecule has 0 saturated carbocycles. The number of likely N-dealkylation sites (tertiary alicyclic amines) is 1. The number of rotatable bonds is 11. The third-order valence-corrected chi connectivity index (χ3v) is 10.3. The SMILES string of the molecule is CCOC(=O)C1CC2(CCN(c3nc(Oc4ccccc4)cc(OC(c4ccc(Cl)cc4-n4ccc(C)n4)C(F)(F)F)n3)CC2)CN1C(=O)OCc1ccccc1. The summed E-state index contributed by atoms with van der Waals surface area (Å²) in [5.41, 5.74) is 0.802. The van der Waals surface area contributed by atoms with E-state index in [1.807, 2.05) is 35.2 Å². The van der Waals surface area contributed by atoms with E-state index in [1.54, 1.807) is 56.4 Å². The van der Waals surface area contributed by atoms with Gasteiger partial charge in [0.15, 0.2) is 0 Å². The highest BCUT2D eigenvalue weighted by molar-refractivity contribution is 6.30. The van der Waals surface area contributed by atoms with Crippen molar-refractivity contribution in [3.8, 4) is 23.2 Å². The van der Waals surface area contributed by atoms with E-state index in [9.17, 15) is 22.8 Å².